The van der Waals surface area contributed by atoms with Crippen LogP contribution in [0.1, 0.15) is 11.1 Å². The summed E-state index contributed by atoms with van der Waals surface area (Å²) in [4.78, 5) is 27.9. The lowest BCUT2D eigenvalue weighted by Crippen LogP contribution is -2.26. The number of carboxylic acid groups (broad SMARTS) is 1. The molecule has 1 aromatic rings. The van der Waals surface area contributed by atoms with Gasteiger partial charge in [0.25, 0.3) is 0 Å². The molecule has 8 heteroatoms. The molecule has 0 saturated carbocycles. The third kappa shape index (κ3) is 4.80. The lowest BCUT2D eigenvalue weighted by molar-refractivity contribution is -0.131. The number of carbonyl (C=O) groups is 2. The number of aliphatic carboxylic acids is 1. The zero-order valence-electron chi connectivity index (χ0n) is 10.7. The number of anilines is 1. The van der Waals surface area contributed by atoms with Crippen molar-refractivity contribution in [1.29, 1.82) is 0 Å². The Hall–Kier alpha value is -1.63. The van der Waals surface area contributed by atoms with Crippen LogP contribution in [0.15, 0.2) is 18.3 Å². The van der Waals surface area contributed by atoms with Crippen LogP contribution in [0.5, 0.6) is 0 Å². The van der Waals surface area contributed by atoms with Crippen LogP contribution in [0, 0.1) is 0 Å². The van der Waals surface area contributed by atoms with Gasteiger partial charge in [-0.15, -0.1) is 24.8 Å². The van der Waals surface area contributed by atoms with Gasteiger partial charge in [0.2, 0.25) is 5.91 Å². The highest BCUT2D eigenvalue weighted by Crippen LogP contribution is 2.19. The number of hydrogen-bond acceptors (Lipinski definition) is 4. The Labute approximate surface area is 128 Å². The molecular weight excluding hydrogens is 305 g/mol. The molecule has 2 heterocycles. The van der Waals surface area contributed by atoms with E-state index in [0.717, 1.165) is 11.6 Å². The van der Waals surface area contributed by atoms with E-state index in [4.69, 9.17) is 5.11 Å². The van der Waals surface area contributed by atoms with Gasteiger partial charge in [-0.25, -0.2) is 9.78 Å². The van der Waals surface area contributed by atoms with E-state index in [1.165, 1.54) is 12.3 Å². The van der Waals surface area contributed by atoms with Crippen molar-refractivity contribution in [2.24, 2.45) is 0 Å². The normalized spacial score (nSPS) is 14.6. The van der Waals surface area contributed by atoms with E-state index in [-0.39, 0.29) is 30.7 Å². The minimum Gasteiger partial charge on any atom is -0.478 e. The van der Waals surface area contributed by atoms with E-state index in [9.17, 15) is 9.59 Å². The molecule has 2 N–H and O–H groups in total. The fourth-order valence-electron chi connectivity index (χ4n) is 1.78. The first kappa shape index (κ1) is 18.4. The number of nitrogens with zero attached hydrogens (tertiary/aromatic N) is 2. The predicted octanol–water partition coefficient (Wildman–Crippen LogP) is 1.41. The summed E-state index contributed by atoms with van der Waals surface area (Å²) in [6.45, 7) is 0.909. The maximum atomic E-state index is 11.5. The standard InChI is InChI=1S/C12H13N3O3.2ClH/c1-15-6-9-4-8(2-3-11(17)18)5-13-12(9)14-10(16)7-15;;/h2-5H,6-7H2,1H3,(H,17,18)(H,13,14,16);2*1H. The molecule has 0 aromatic carbocycles. The number of nitrogens with one attached hydrogen (secondary N) is 1. The van der Waals surface area contributed by atoms with E-state index in [1.807, 2.05) is 18.0 Å². The molecule has 20 heavy (non-hydrogen) atoms. The second-order valence-corrected chi connectivity index (χ2v) is 4.17. The van der Waals surface area contributed by atoms with Crippen molar-refractivity contribution < 1.29 is 14.7 Å². The Morgan fingerprint density at radius 2 is 2.15 bits per heavy atom. The van der Waals surface area contributed by atoms with E-state index in [2.05, 4.69) is 10.3 Å². The monoisotopic (exact) mass is 319 g/mol. The van der Waals surface area contributed by atoms with Gasteiger partial charge >= 0.3 is 5.97 Å². The van der Waals surface area contributed by atoms with E-state index >= 15 is 0 Å². The van der Waals surface area contributed by atoms with Crippen molar-refractivity contribution >= 4 is 48.6 Å². The summed E-state index contributed by atoms with van der Waals surface area (Å²) in [6, 6.07) is 1.82. The Balaban J connectivity index is 0.00000180. The maximum absolute atomic E-state index is 11.5. The molecule has 6 nitrogen and oxygen atoms in total. The van der Waals surface area contributed by atoms with Crippen LogP contribution < -0.4 is 5.32 Å². The number of likely N-dealkylation sites (N-methyl/N-ethyl adjacent to an activating group) is 1. The van der Waals surface area contributed by atoms with Crippen LogP contribution in [0.4, 0.5) is 5.82 Å². The van der Waals surface area contributed by atoms with Crippen LogP contribution >= 0.6 is 24.8 Å². The van der Waals surface area contributed by atoms with Crippen molar-refractivity contribution in [2.75, 3.05) is 18.9 Å². The summed E-state index contributed by atoms with van der Waals surface area (Å²) in [7, 11) is 1.84. The average molecular weight is 320 g/mol. The average Bonchev–Trinajstić information content (AvgIpc) is 2.42. The van der Waals surface area contributed by atoms with E-state index in [1.54, 1.807) is 0 Å². The Kier molecular flexibility index (Phi) is 7.20. The zero-order chi connectivity index (χ0) is 13.1. The van der Waals surface area contributed by atoms with Gasteiger partial charge in [-0.1, -0.05) is 0 Å². The highest BCUT2D eigenvalue weighted by molar-refractivity contribution is 5.93. The molecule has 0 atom stereocenters. The van der Waals surface area contributed by atoms with Gasteiger partial charge in [-0.05, 0) is 24.8 Å². The second kappa shape index (κ2) is 7.84. The summed E-state index contributed by atoms with van der Waals surface area (Å²) in [5, 5.41) is 11.3. The second-order valence-electron chi connectivity index (χ2n) is 4.17. The molecule has 2 rings (SSSR count). The van der Waals surface area contributed by atoms with E-state index < -0.39 is 5.97 Å². The molecule has 0 saturated heterocycles. The van der Waals surface area contributed by atoms with E-state index in [0.29, 0.717) is 24.5 Å². The molecule has 0 bridgehead atoms. The molecule has 1 amide bonds. The van der Waals surface area contributed by atoms with Gasteiger partial charge in [0.05, 0.1) is 6.54 Å². The summed E-state index contributed by atoms with van der Waals surface area (Å²) >= 11 is 0. The third-order valence-corrected chi connectivity index (χ3v) is 2.52. The smallest absolute Gasteiger partial charge is 0.328 e. The number of aromatic nitrogens is 1. The van der Waals surface area contributed by atoms with Crippen LogP contribution in [0.2, 0.25) is 0 Å². The van der Waals surface area contributed by atoms with Crippen LogP contribution in [0.25, 0.3) is 6.08 Å². The van der Waals surface area contributed by atoms with Gasteiger partial charge in [-0.3, -0.25) is 9.69 Å². The van der Waals surface area contributed by atoms with Crippen molar-refractivity contribution in [3.8, 4) is 0 Å². The van der Waals surface area contributed by atoms with Crippen molar-refractivity contribution in [3.63, 3.8) is 0 Å². The number of halogens is 2. The van der Waals surface area contributed by atoms with Gasteiger partial charge in [-0.2, -0.15) is 0 Å². The first-order chi connectivity index (χ1) is 8.54. The number of pyridine rings is 1. The van der Waals surface area contributed by atoms with Crippen LogP contribution in [0.3, 0.4) is 0 Å². The van der Waals surface area contributed by atoms with Gasteiger partial charge in [0.15, 0.2) is 0 Å². The molecule has 0 radical (unpaired) electrons. The molecule has 1 aliphatic rings. The number of carboxylic acids is 1. The topological polar surface area (TPSA) is 82.5 Å². The number of fused-ring (bicyclic) bond motifs is 1. The number of amides is 1. The molecule has 0 unspecified atom stereocenters. The Morgan fingerprint density at radius 3 is 2.80 bits per heavy atom. The number of carbonyl (C=O) groups excluding carboxylic acids is 1. The first-order valence-electron chi connectivity index (χ1n) is 5.43. The Morgan fingerprint density at radius 1 is 1.45 bits per heavy atom. The minimum absolute atomic E-state index is 0. The highest BCUT2D eigenvalue weighted by atomic mass is 35.5. The minimum atomic E-state index is -1.00. The largest absolute Gasteiger partial charge is 0.478 e. The predicted molar refractivity (Wildman–Crippen MR) is 80.4 cm³/mol. The molecule has 0 aliphatic carbocycles. The Bertz CT molecular complexity index is 535. The maximum Gasteiger partial charge on any atom is 0.328 e. The van der Waals surface area contributed by atoms with Gasteiger partial charge in [0, 0.05) is 24.4 Å². The highest BCUT2D eigenvalue weighted by Gasteiger charge is 2.17. The molecule has 1 aromatic heterocycles. The van der Waals surface area contributed by atoms with Gasteiger partial charge < -0.3 is 10.4 Å². The zero-order valence-corrected chi connectivity index (χ0v) is 12.3. The molecular formula is C12H15Cl2N3O3. The van der Waals surface area contributed by atoms with Crippen LogP contribution in [-0.4, -0.2) is 40.5 Å². The van der Waals surface area contributed by atoms with Crippen molar-refractivity contribution in [3.05, 3.63) is 29.5 Å². The molecule has 0 spiro atoms. The molecule has 1 aliphatic heterocycles. The summed E-state index contributed by atoms with van der Waals surface area (Å²) in [5.41, 5.74) is 1.57. The number of hydrogen-bond donors (Lipinski definition) is 2. The van der Waals surface area contributed by atoms with Crippen molar-refractivity contribution in [2.45, 2.75) is 6.54 Å². The summed E-state index contributed by atoms with van der Waals surface area (Å²) in [6.07, 6.45) is 4.06. The third-order valence-electron chi connectivity index (χ3n) is 2.52. The van der Waals surface area contributed by atoms with Crippen molar-refractivity contribution in [1.82, 2.24) is 9.88 Å². The van der Waals surface area contributed by atoms with Crippen LogP contribution in [-0.2, 0) is 16.1 Å². The quantitative estimate of drug-likeness (QED) is 0.805. The number of rotatable bonds is 2. The fourth-order valence-corrected chi connectivity index (χ4v) is 1.78. The molecule has 0 fully saturated rings. The summed E-state index contributed by atoms with van der Waals surface area (Å²) < 4.78 is 0. The first-order valence-corrected chi connectivity index (χ1v) is 5.43. The molecule has 110 valence electrons. The summed E-state index contributed by atoms with van der Waals surface area (Å²) in [5.74, 6) is -0.565. The lowest BCUT2D eigenvalue weighted by Gasteiger charge is -2.11. The SMILES string of the molecule is CN1CC(=O)Nc2ncc(C=CC(=O)O)cc2C1.Cl.Cl. The lowest BCUT2D eigenvalue weighted by atomic mass is 10.1. The van der Waals surface area contributed by atoms with Gasteiger partial charge in [0.1, 0.15) is 5.82 Å². The fraction of sp³-hybridized carbons (Fsp3) is 0.250.